The Morgan fingerprint density at radius 3 is 2.85 bits per heavy atom. The zero-order valence-electron chi connectivity index (χ0n) is 11.3. The third kappa shape index (κ3) is 2.42. The molecule has 3 rings (SSSR count). The lowest BCUT2D eigenvalue weighted by Gasteiger charge is -2.34. The summed E-state index contributed by atoms with van der Waals surface area (Å²) in [5.41, 5.74) is 7.61. The summed E-state index contributed by atoms with van der Waals surface area (Å²) in [4.78, 5) is 4.26. The molecule has 20 heavy (non-hydrogen) atoms. The molecular formula is C14H17BrFN3O. The molecule has 1 fully saturated rings. The zero-order chi connectivity index (χ0) is 14.3. The molecule has 4 nitrogen and oxygen atoms in total. The van der Waals surface area contributed by atoms with Crippen molar-refractivity contribution < 1.29 is 9.13 Å². The SMILES string of the molecule is CC1(Cn2c(N)nc3cc(F)c(Br)cc32)CCOCC1. The van der Waals surface area contributed by atoms with Crippen LogP contribution in [0.3, 0.4) is 0 Å². The number of hydrogen-bond acceptors (Lipinski definition) is 3. The summed E-state index contributed by atoms with van der Waals surface area (Å²) < 4.78 is 21.4. The van der Waals surface area contributed by atoms with Crippen molar-refractivity contribution in [2.45, 2.75) is 26.3 Å². The standard InChI is InChI=1S/C14H17BrFN3O/c1-14(2-4-20-5-3-14)8-19-12-6-9(15)10(16)7-11(12)18-13(19)17/h6-7H,2-5,8H2,1H3,(H2,17,18). The number of benzene rings is 1. The maximum atomic E-state index is 13.6. The summed E-state index contributed by atoms with van der Waals surface area (Å²) in [6.45, 7) is 4.57. The van der Waals surface area contributed by atoms with Crippen molar-refractivity contribution in [2.75, 3.05) is 18.9 Å². The van der Waals surface area contributed by atoms with Crippen LogP contribution in [-0.4, -0.2) is 22.8 Å². The van der Waals surface area contributed by atoms with Crippen LogP contribution in [0.4, 0.5) is 10.3 Å². The van der Waals surface area contributed by atoms with E-state index in [0.29, 0.717) is 15.9 Å². The lowest BCUT2D eigenvalue weighted by molar-refractivity contribution is 0.0163. The van der Waals surface area contributed by atoms with Crippen LogP contribution in [0.5, 0.6) is 0 Å². The van der Waals surface area contributed by atoms with Gasteiger partial charge in [-0.2, -0.15) is 0 Å². The van der Waals surface area contributed by atoms with Crippen LogP contribution in [0, 0.1) is 11.2 Å². The van der Waals surface area contributed by atoms with E-state index in [-0.39, 0.29) is 11.2 Å². The number of ether oxygens (including phenoxy) is 1. The predicted molar refractivity (Wildman–Crippen MR) is 80.0 cm³/mol. The normalized spacial score (nSPS) is 18.6. The molecule has 108 valence electrons. The topological polar surface area (TPSA) is 53.1 Å². The van der Waals surface area contributed by atoms with Gasteiger partial charge in [-0.05, 0) is 40.3 Å². The molecule has 1 aromatic carbocycles. The fourth-order valence-corrected chi connectivity index (χ4v) is 3.04. The second-order valence-corrected chi connectivity index (χ2v) is 6.59. The highest BCUT2D eigenvalue weighted by Gasteiger charge is 2.29. The van der Waals surface area contributed by atoms with Gasteiger partial charge in [-0.3, -0.25) is 0 Å². The number of nitrogens with zero attached hydrogens (tertiary/aromatic N) is 2. The molecule has 2 N–H and O–H groups in total. The molecule has 1 aromatic heterocycles. The third-order valence-corrected chi connectivity index (χ3v) is 4.67. The van der Waals surface area contributed by atoms with E-state index in [1.807, 2.05) is 4.57 Å². The minimum Gasteiger partial charge on any atom is -0.381 e. The second kappa shape index (κ2) is 5.00. The number of anilines is 1. The average Bonchev–Trinajstić information content (AvgIpc) is 2.67. The molecule has 0 saturated carbocycles. The zero-order valence-corrected chi connectivity index (χ0v) is 12.9. The van der Waals surface area contributed by atoms with Gasteiger partial charge in [0.15, 0.2) is 0 Å². The molecule has 2 aromatic rings. The Balaban J connectivity index is 2.02. The molecular weight excluding hydrogens is 325 g/mol. The van der Waals surface area contributed by atoms with Gasteiger partial charge in [0.2, 0.25) is 5.95 Å². The summed E-state index contributed by atoms with van der Waals surface area (Å²) in [6, 6.07) is 3.16. The van der Waals surface area contributed by atoms with Gasteiger partial charge in [-0.15, -0.1) is 0 Å². The average molecular weight is 342 g/mol. The number of rotatable bonds is 2. The van der Waals surface area contributed by atoms with Gasteiger partial charge in [-0.1, -0.05) is 6.92 Å². The fourth-order valence-electron chi connectivity index (χ4n) is 2.71. The van der Waals surface area contributed by atoms with Crippen molar-refractivity contribution in [3.8, 4) is 0 Å². The fraction of sp³-hybridized carbons (Fsp3) is 0.500. The Hall–Kier alpha value is -1.14. The summed E-state index contributed by atoms with van der Waals surface area (Å²) in [5, 5.41) is 0. The van der Waals surface area contributed by atoms with Gasteiger partial charge >= 0.3 is 0 Å². The van der Waals surface area contributed by atoms with E-state index in [1.54, 1.807) is 6.07 Å². The molecule has 0 unspecified atom stereocenters. The van der Waals surface area contributed by atoms with Gasteiger partial charge in [-0.25, -0.2) is 9.37 Å². The van der Waals surface area contributed by atoms with E-state index in [9.17, 15) is 4.39 Å². The predicted octanol–water partition coefficient (Wildman–Crippen LogP) is 3.34. The minimum absolute atomic E-state index is 0.140. The highest BCUT2D eigenvalue weighted by Crippen LogP contribution is 2.34. The van der Waals surface area contributed by atoms with Gasteiger partial charge in [0.1, 0.15) is 5.82 Å². The second-order valence-electron chi connectivity index (χ2n) is 5.73. The molecule has 0 spiro atoms. The van der Waals surface area contributed by atoms with Crippen molar-refractivity contribution >= 4 is 32.9 Å². The molecule has 0 atom stereocenters. The summed E-state index contributed by atoms with van der Waals surface area (Å²) >= 11 is 3.22. The van der Waals surface area contributed by atoms with Crippen molar-refractivity contribution in [1.82, 2.24) is 9.55 Å². The molecule has 2 heterocycles. The molecule has 0 amide bonds. The Kier molecular flexibility index (Phi) is 3.46. The Morgan fingerprint density at radius 1 is 1.45 bits per heavy atom. The lowest BCUT2D eigenvalue weighted by Crippen LogP contribution is -2.31. The number of fused-ring (bicyclic) bond motifs is 1. The Morgan fingerprint density at radius 2 is 2.15 bits per heavy atom. The van der Waals surface area contributed by atoms with Crippen LogP contribution in [0.15, 0.2) is 16.6 Å². The molecule has 0 bridgehead atoms. The quantitative estimate of drug-likeness (QED) is 0.911. The maximum absolute atomic E-state index is 13.6. The number of halogens is 2. The van der Waals surface area contributed by atoms with Crippen LogP contribution >= 0.6 is 15.9 Å². The van der Waals surface area contributed by atoms with Crippen LogP contribution in [0.25, 0.3) is 11.0 Å². The molecule has 0 aliphatic carbocycles. The van der Waals surface area contributed by atoms with E-state index >= 15 is 0 Å². The van der Waals surface area contributed by atoms with Crippen molar-refractivity contribution in [2.24, 2.45) is 5.41 Å². The summed E-state index contributed by atoms with van der Waals surface area (Å²) in [6.07, 6.45) is 1.99. The van der Waals surface area contributed by atoms with E-state index in [1.165, 1.54) is 6.07 Å². The maximum Gasteiger partial charge on any atom is 0.201 e. The highest BCUT2D eigenvalue weighted by molar-refractivity contribution is 9.10. The highest BCUT2D eigenvalue weighted by atomic mass is 79.9. The first-order valence-electron chi connectivity index (χ1n) is 6.67. The van der Waals surface area contributed by atoms with Crippen LogP contribution < -0.4 is 5.73 Å². The van der Waals surface area contributed by atoms with Gasteiger partial charge < -0.3 is 15.0 Å². The first-order valence-corrected chi connectivity index (χ1v) is 7.46. The minimum atomic E-state index is -0.320. The number of aromatic nitrogens is 2. The molecule has 1 aliphatic rings. The number of nitrogen functional groups attached to an aromatic ring is 1. The van der Waals surface area contributed by atoms with E-state index in [0.717, 1.165) is 38.1 Å². The van der Waals surface area contributed by atoms with E-state index in [2.05, 4.69) is 27.8 Å². The first kappa shape index (κ1) is 13.8. The Labute approximate surface area is 125 Å². The smallest absolute Gasteiger partial charge is 0.201 e. The monoisotopic (exact) mass is 341 g/mol. The number of imidazole rings is 1. The molecule has 6 heteroatoms. The number of nitrogens with two attached hydrogens (primary N) is 1. The molecule has 1 aliphatic heterocycles. The molecule has 1 saturated heterocycles. The van der Waals surface area contributed by atoms with Crippen LogP contribution in [0.2, 0.25) is 0 Å². The summed E-state index contributed by atoms with van der Waals surface area (Å²) in [7, 11) is 0. The van der Waals surface area contributed by atoms with Gasteiger partial charge in [0.25, 0.3) is 0 Å². The first-order chi connectivity index (χ1) is 9.48. The van der Waals surface area contributed by atoms with Crippen LogP contribution in [-0.2, 0) is 11.3 Å². The molecule has 0 radical (unpaired) electrons. The van der Waals surface area contributed by atoms with Crippen LogP contribution in [0.1, 0.15) is 19.8 Å². The van der Waals surface area contributed by atoms with Crippen molar-refractivity contribution in [1.29, 1.82) is 0 Å². The third-order valence-electron chi connectivity index (χ3n) is 4.06. The van der Waals surface area contributed by atoms with Crippen molar-refractivity contribution in [3.63, 3.8) is 0 Å². The van der Waals surface area contributed by atoms with Gasteiger partial charge in [0.05, 0.1) is 15.5 Å². The van der Waals surface area contributed by atoms with Crippen molar-refractivity contribution in [3.05, 3.63) is 22.4 Å². The summed E-state index contributed by atoms with van der Waals surface area (Å²) in [5.74, 6) is 0.115. The van der Waals surface area contributed by atoms with E-state index < -0.39 is 0 Å². The van der Waals surface area contributed by atoms with Gasteiger partial charge in [0, 0.05) is 25.8 Å². The largest absolute Gasteiger partial charge is 0.381 e. The lowest BCUT2D eigenvalue weighted by atomic mass is 9.82. The number of hydrogen-bond donors (Lipinski definition) is 1. The Bertz CT molecular complexity index is 649. The van der Waals surface area contributed by atoms with E-state index in [4.69, 9.17) is 10.5 Å².